The first-order valence-electron chi connectivity index (χ1n) is 3.07. The summed E-state index contributed by atoms with van der Waals surface area (Å²) in [7, 11) is 1.93. The van der Waals surface area contributed by atoms with Gasteiger partial charge in [0.2, 0.25) is 0 Å². The fraction of sp³-hybridized carbons (Fsp3) is 0.125. The molecule has 0 atom stereocenters. The summed E-state index contributed by atoms with van der Waals surface area (Å²) < 4.78 is 1.91. The van der Waals surface area contributed by atoms with Crippen LogP contribution in [-0.4, -0.2) is 10.3 Å². The third-order valence-corrected chi connectivity index (χ3v) is 1.35. The number of rotatable bonds is 2. The molecule has 0 unspecified atom stereocenters. The van der Waals surface area contributed by atoms with Crippen LogP contribution in [-0.2, 0) is 7.05 Å². The smallest absolute Gasteiger partial charge is 0.0621 e. The molecule has 0 fully saturated rings. The Labute approximate surface area is 60.3 Å². The average molecular weight is 134 g/mol. The molecule has 0 bridgehead atoms. The first-order valence-corrected chi connectivity index (χ1v) is 3.07. The van der Waals surface area contributed by atoms with Crippen LogP contribution < -0.4 is 0 Å². The molecule has 10 heavy (non-hydrogen) atoms. The fourth-order valence-corrected chi connectivity index (χ4v) is 0.780. The maximum atomic E-state index is 7.36. The predicted octanol–water partition coefficient (Wildman–Crippen LogP) is 1.58. The Morgan fingerprint density at radius 3 is 2.90 bits per heavy atom. The largest absolute Gasteiger partial charge is 0.357 e. The van der Waals surface area contributed by atoms with Crippen molar-refractivity contribution >= 4 is 5.71 Å². The van der Waals surface area contributed by atoms with Crippen LogP contribution in [0.4, 0.5) is 0 Å². The molecule has 0 saturated carbocycles. The van der Waals surface area contributed by atoms with E-state index in [1.165, 1.54) is 6.08 Å². The number of hydrogen-bond acceptors (Lipinski definition) is 1. The van der Waals surface area contributed by atoms with Gasteiger partial charge in [0.05, 0.1) is 5.71 Å². The Bertz CT molecular complexity index is 258. The van der Waals surface area contributed by atoms with E-state index in [1.54, 1.807) is 0 Å². The molecule has 0 aliphatic carbocycles. The van der Waals surface area contributed by atoms with Gasteiger partial charge in [0.1, 0.15) is 0 Å². The van der Waals surface area contributed by atoms with Crippen LogP contribution in [0.1, 0.15) is 5.56 Å². The lowest BCUT2D eigenvalue weighted by molar-refractivity contribution is 0.927. The van der Waals surface area contributed by atoms with Crippen LogP contribution in [0, 0.1) is 5.41 Å². The summed E-state index contributed by atoms with van der Waals surface area (Å²) >= 11 is 0. The summed E-state index contributed by atoms with van der Waals surface area (Å²) in [5.74, 6) is 0. The molecule has 0 aliphatic heterocycles. The molecule has 0 radical (unpaired) electrons. The van der Waals surface area contributed by atoms with Gasteiger partial charge in [0.15, 0.2) is 0 Å². The van der Waals surface area contributed by atoms with Crippen molar-refractivity contribution in [2.75, 3.05) is 0 Å². The van der Waals surface area contributed by atoms with Crippen molar-refractivity contribution in [2.45, 2.75) is 0 Å². The number of hydrogen-bond donors (Lipinski definition) is 1. The molecule has 1 N–H and O–H groups in total. The summed E-state index contributed by atoms with van der Waals surface area (Å²) in [5.41, 5.74) is 1.39. The second-order valence-corrected chi connectivity index (χ2v) is 2.18. The lowest BCUT2D eigenvalue weighted by Crippen LogP contribution is -1.90. The zero-order valence-corrected chi connectivity index (χ0v) is 5.96. The van der Waals surface area contributed by atoms with Gasteiger partial charge < -0.3 is 9.98 Å². The van der Waals surface area contributed by atoms with Gasteiger partial charge in [-0.05, 0) is 12.1 Å². The molecule has 1 aromatic rings. The number of nitrogens with one attached hydrogen (secondary N) is 1. The monoisotopic (exact) mass is 134 g/mol. The third-order valence-electron chi connectivity index (χ3n) is 1.35. The second-order valence-electron chi connectivity index (χ2n) is 2.18. The van der Waals surface area contributed by atoms with Crippen LogP contribution >= 0.6 is 0 Å². The Morgan fingerprint density at radius 2 is 2.50 bits per heavy atom. The van der Waals surface area contributed by atoms with Gasteiger partial charge in [-0.1, -0.05) is 6.58 Å². The average Bonchev–Trinajstić information content (AvgIpc) is 2.34. The molecule has 0 aliphatic rings. The van der Waals surface area contributed by atoms with E-state index in [2.05, 4.69) is 6.58 Å². The SMILES string of the molecule is C=CC(=N)c1ccn(C)c1. The summed E-state index contributed by atoms with van der Waals surface area (Å²) in [6.07, 6.45) is 5.34. The summed E-state index contributed by atoms with van der Waals surface area (Å²) in [5, 5.41) is 7.36. The molecule has 0 amide bonds. The number of nitrogens with zero attached hydrogens (tertiary/aromatic N) is 1. The summed E-state index contributed by atoms with van der Waals surface area (Å²) in [6.45, 7) is 3.51. The molecule has 1 aromatic heterocycles. The van der Waals surface area contributed by atoms with Crippen molar-refractivity contribution in [1.29, 1.82) is 5.41 Å². The van der Waals surface area contributed by atoms with Gasteiger partial charge in [-0.25, -0.2) is 0 Å². The van der Waals surface area contributed by atoms with Crippen molar-refractivity contribution in [3.8, 4) is 0 Å². The molecule has 1 heterocycles. The van der Waals surface area contributed by atoms with E-state index in [-0.39, 0.29) is 0 Å². The Balaban J connectivity index is 2.95. The molecule has 1 rings (SSSR count). The summed E-state index contributed by atoms with van der Waals surface area (Å²) in [6, 6.07) is 1.89. The quantitative estimate of drug-likeness (QED) is 0.595. The zero-order valence-electron chi connectivity index (χ0n) is 5.96. The minimum Gasteiger partial charge on any atom is -0.357 e. The Hall–Kier alpha value is -1.31. The minimum absolute atomic E-state index is 0.473. The van der Waals surface area contributed by atoms with Gasteiger partial charge >= 0.3 is 0 Å². The Morgan fingerprint density at radius 1 is 1.80 bits per heavy atom. The highest BCUT2D eigenvalue weighted by atomic mass is 14.9. The fourth-order valence-electron chi connectivity index (χ4n) is 0.780. The molecule has 0 aromatic carbocycles. The van der Waals surface area contributed by atoms with Crippen molar-refractivity contribution in [1.82, 2.24) is 4.57 Å². The van der Waals surface area contributed by atoms with Gasteiger partial charge in [0, 0.05) is 25.0 Å². The lowest BCUT2D eigenvalue weighted by atomic mass is 10.2. The molecule has 52 valence electrons. The van der Waals surface area contributed by atoms with Crippen LogP contribution in [0.5, 0.6) is 0 Å². The van der Waals surface area contributed by atoms with Crippen LogP contribution in [0.15, 0.2) is 31.1 Å². The highest BCUT2D eigenvalue weighted by Crippen LogP contribution is 2.00. The Kier molecular flexibility index (Phi) is 1.71. The maximum absolute atomic E-state index is 7.36. The number of allylic oxidation sites excluding steroid dienone is 1. The predicted molar refractivity (Wildman–Crippen MR) is 42.4 cm³/mol. The van der Waals surface area contributed by atoms with E-state index in [9.17, 15) is 0 Å². The van der Waals surface area contributed by atoms with E-state index in [1.807, 2.05) is 30.1 Å². The van der Waals surface area contributed by atoms with Gasteiger partial charge in [0.25, 0.3) is 0 Å². The van der Waals surface area contributed by atoms with Crippen molar-refractivity contribution in [2.24, 2.45) is 7.05 Å². The first kappa shape index (κ1) is 6.81. The third kappa shape index (κ3) is 1.16. The van der Waals surface area contributed by atoms with E-state index in [0.29, 0.717) is 5.71 Å². The van der Waals surface area contributed by atoms with Crippen LogP contribution in [0.2, 0.25) is 0 Å². The molecule has 2 heteroatoms. The van der Waals surface area contributed by atoms with E-state index >= 15 is 0 Å². The molecular formula is C8H10N2. The lowest BCUT2D eigenvalue weighted by Gasteiger charge is -1.89. The van der Waals surface area contributed by atoms with E-state index in [0.717, 1.165) is 5.56 Å². The highest BCUT2D eigenvalue weighted by Gasteiger charge is 1.95. The van der Waals surface area contributed by atoms with Crippen LogP contribution in [0.25, 0.3) is 0 Å². The van der Waals surface area contributed by atoms with Gasteiger partial charge in [-0.3, -0.25) is 0 Å². The van der Waals surface area contributed by atoms with Gasteiger partial charge in [-0.15, -0.1) is 0 Å². The van der Waals surface area contributed by atoms with Crippen LogP contribution in [0.3, 0.4) is 0 Å². The molecule has 0 spiro atoms. The van der Waals surface area contributed by atoms with Crippen molar-refractivity contribution in [3.63, 3.8) is 0 Å². The second kappa shape index (κ2) is 2.52. The molecule has 2 nitrogen and oxygen atoms in total. The van der Waals surface area contributed by atoms with E-state index in [4.69, 9.17) is 5.41 Å². The number of aryl methyl sites for hydroxylation is 1. The standard InChI is InChI=1S/C8H10N2/c1-3-8(9)7-4-5-10(2)6-7/h3-6,9H,1H2,2H3. The summed E-state index contributed by atoms with van der Waals surface area (Å²) in [4.78, 5) is 0. The molecular weight excluding hydrogens is 124 g/mol. The first-order chi connectivity index (χ1) is 4.74. The number of aromatic nitrogens is 1. The minimum atomic E-state index is 0.473. The highest BCUT2D eigenvalue weighted by molar-refractivity contribution is 6.05. The zero-order chi connectivity index (χ0) is 7.56. The topological polar surface area (TPSA) is 28.8 Å². The van der Waals surface area contributed by atoms with Gasteiger partial charge in [-0.2, -0.15) is 0 Å². The molecule has 0 saturated heterocycles. The van der Waals surface area contributed by atoms with Crippen molar-refractivity contribution < 1.29 is 0 Å². The maximum Gasteiger partial charge on any atom is 0.0621 e. The normalized spacial score (nSPS) is 9.30. The van der Waals surface area contributed by atoms with Crippen molar-refractivity contribution in [3.05, 3.63) is 36.7 Å². The van der Waals surface area contributed by atoms with E-state index < -0.39 is 0 Å².